The molecule has 0 N–H and O–H groups in total. The first kappa shape index (κ1) is 11.2. The predicted octanol–water partition coefficient (Wildman–Crippen LogP) is 2.98. The Balaban J connectivity index is 2.15. The van der Waals surface area contributed by atoms with Gasteiger partial charge in [-0.25, -0.2) is 0 Å². The molecule has 1 aromatic rings. The van der Waals surface area contributed by atoms with Crippen molar-refractivity contribution in [1.82, 2.24) is 0 Å². The molecule has 0 radical (unpaired) electrons. The Hall–Kier alpha value is -0.890. The fourth-order valence-electron chi connectivity index (χ4n) is 2.52. The standard InChI is InChI=1S/C13H17O3P/c1-12-8-11-16-17(12,14-9-5-10-15-17)13-6-3-2-4-7-13/h2-4,6-8,11-12H,5,9-10H2,1H3. The quantitative estimate of drug-likeness (QED) is 0.719. The van der Waals surface area contributed by atoms with Crippen LogP contribution in [0.1, 0.15) is 13.3 Å². The van der Waals surface area contributed by atoms with Crippen LogP contribution in [0.5, 0.6) is 0 Å². The van der Waals surface area contributed by atoms with E-state index >= 15 is 0 Å². The number of hydrogen-bond acceptors (Lipinski definition) is 3. The van der Waals surface area contributed by atoms with Crippen LogP contribution in [-0.4, -0.2) is 18.9 Å². The first-order chi connectivity index (χ1) is 8.27. The van der Waals surface area contributed by atoms with Gasteiger partial charge >= 0.3 is 101 Å². The minimum absolute atomic E-state index is 0.156. The topological polar surface area (TPSA) is 27.7 Å². The predicted molar refractivity (Wildman–Crippen MR) is 69.2 cm³/mol. The van der Waals surface area contributed by atoms with Crippen LogP contribution in [0.2, 0.25) is 0 Å². The van der Waals surface area contributed by atoms with Gasteiger partial charge in [0.1, 0.15) is 0 Å². The molecule has 17 heavy (non-hydrogen) atoms. The summed E-state index contributed by atoms with van der Waals surface area (Å²) in [4.78, 5) is 0. The molecule has 1 unspecified atom stereocenters. The Morgan fingerprint density at radius 3 is 2.41 bits per heavy atom. The average molecular weight is 252 g/mol. The second-order valence-electron chi connectivity index (χ2n) is 4.47. The molecule has 2 aliphatic rings. The van der Waals surface area contributed by atoms with Gasteiger partial charge in [-0.1, -0.05) is 0 Å². The summed E-state index contributed by atoms with van der Waals surface area (Å²) < 4.78 is 18.2. The first-order valence-corrected chi connectivity index (χ1v) is 8.06. The van der Waals surface area contributed by atoms with Crippen molar-refractivity contribution in [3.63, 3.8) is 0 Å². The van der Waals surface area contributed by atoms with E-state index in [0.29, 0.717) is 13.2 Å². The summed E-state index contributed by atoms with van der Waals surface area (Å²) in [5, 5.41) is 1.05. The molecular weight excluding hydrogens is 235 g/mol. The van der Waals surface area contributed by atoms with E-state index in [1.807, 2.05) is 36.4 Å². The monoisotopic (exact) mass is 252 g/mol. The first-order valence-electron chi connectivity index (χ1n) is 6.00. The van der Waals surface area contributed by atoms with E-state index in [0.717, 1.165) is 11.7 Å². The summed E-state index contributed by atoms with van der Waals surface area (Å²) in [6.07, 6.45) is 4.71. The number of allylic oxidation sites excluding steroid dienone is 1. The molecule has 1 fully saturated rings. The van der Waals surface area contributed by atoms with Crippen molar-refractivity contribution in [3.05, 3.63) is 42.7 Å². The van der Waals surface area contributed by atoms with Gasteiger partial charge in [0.05, 0.1) is 0 Å². The fraction of sp³-hybridized carbons (Fsp3) is 0.385. The zero-order valence-electron chi connectivity index (χ0n) is 9.91. The molecule has 1 aromatic carbocycles. The Kier molecular flexibility index (Phi) is 2.51. The normalized spacial score (nSPS) is 31.6. The van der Waals surface area contributed by atoms with E-state index in [1.54, 1.807) is 6.26 Å². The van der Waals surface area contributed by atoms with Crippen molar-refractivity contribution >= 4 is 12.6 Å². The molecule has 2 heterocycles. The maximum atomic E-state index is 6.14. The molecule has 4 heteroatoms. The van der Waals surface area contributed by atoms with E-state index < -0.39 is 7.28 Å². The van der Waals surface area contributed by atoms with Gasteiger partial charge in [-0.2, -0.15) is 0 Å². The Bertz CT molecular complexity index is 437. The SMILES string of the molecule is CC1C=COP12(c1ccccc1)OCCCO2. The summed E-state index contributed by atoms with van der Waals surface area (Å²) >= 11 is 0. The van der Waals surface area contributed by atoms with Crippen LogP contribution in [0.3, 0.4) is 0 Å². The summed E-state index contributed by atoms with van der Waals surface area (Å²) in [5.74, 6) is 0. The van der Waals surface area contributed by atoms with Crippen molar-refractivity contribution in [2.24, 2.45) is 0 Å². The summed E-state index contributed by atoms with van der Waals surface area (Å²) in [6, 6.07) is 10.1. The molecule has 1 saturated heterocycles. The van der Waals surface area contributed by atoms with E-state index in [-0.39, 0.29) is 5.66 Å². The van der Waals surface area contributed by atoms with Gasteiger partial charge in [-0.15, -0.1) is 0 Å². The molecule has 3 rings (SSSR count). The molecule has 0 amide bonds. The molecule has 2 aliphatic heterocycles. The third-order valence-corrected chi connectivity index (χ3v) is 8.17. The van der Waals surface area contributed by atoms with Crippen molar-refractivity contribution in [1.29, 1.82) is 0 Å². The van der Waals surface area contributed by atoms with Crippen LogP contribution in [0.15, 0.2) is 42.7 Å². The van der Waals surface area contributed by atoms with Crippen molar-refractivity contribution in [3.8, 4) is 0 Å². The van der Waals surface area contributed by atoms with Gasteiger partial charge in [-0.3, -0.25) is 0 Å². The van der Waals surface area contributed by atoms with Crippen LogP contribution in [0, 0.1) is 0 Å². The summed E-state index contributed by atoms with van der Waals surface area (Å²) in [6.45, 7) is 3.52. The fourth-order valence-corrected chi connectivity index (χ4v) is 6.59. The van der Waals surface area contributed by atoms with Crippen LogP contribution in [0.25, 0.3) is 0 Å². The van der Waals surface area contributed by atoms with Crippen LogP contribution >= 0.6 is 7.28 Å². The molecule has 0 saturated carbocycles. The second kappa shape index (κ2) is 3.81. The van der Waals surface area contributed by atoms with E-state index in [4.69, 9.17) is 13.6 Å². The van der Waals surface area contributed by atoms with Crippen molar-refractivity contribution in [2.45, 2.75) is 19.0 Å². The summed E-state index contributed by atoms with van der Waals surface area (Å²) in [5.41, 5.74) is 0.156. The molecule has 0 aliphatic carbocycles. The molecule has 92 valence electrons. The van der Waals surface area contributed by atoms with Gasteiger partial charge in [0.2, 0.25) is 0 Å². The third-order valence-electron chi connectivity index (χ3n) is 3.50. The van der Waals surface area contributed by atoms with Crippen molar-refractivity contribution < 1.29 is 13.6 Å². The number of benzene rings is 1. The van der Waals surface area contributed by atoms with Gasteiger partial charge in [0, 0.05) is 0 Å². The Labute approximate surface area is 102 Å². The van der Waals surface area contributed by atoms with Crippen LogP contribution < -0.4 is 5.30 Å². The number of rotatable bonds is 1. The van der Waals surface area contributed by atoms with Gasteiger partial charge in [0.25, 0.3) is 0 Å². The average Bonchev–Trinajstić information content (AvgIpc) is 2.71. The zero-order valence-corrected chi connectivity index (χ0v) is 10.8. The van der Waals surface area contributed by atoms with Crippen LogP contribution in [-0.2, 0) is 13.6 Å². The third kappa shape index (κ3) is 1.40. The van der Waals surface area contributed by atoms with Gasteiger partial charge in [0.15, 0.2) is 0 Å². The molecule has 3 nitrogen and oxygen atoms in total. The second-order valence-corrected chi connectivity index (χ2v) is 8.42. The molecule has 1 spiro atoms. The van der Waals surface area contributed by atoms with Gasteiger partial charge in [-0.05, 0) is 0 Å². The maximum absolute atomic E-state index is 6.14. The number of hydrogen-bond donors (Lipinski definition) is 0. The van der Waals surface area contributed by atoms with E-state index in [1.165, 1.54) is 0 Å². The van der Waals surface area contributed by atoms with E-state index in [2.05, 4.69) is 6.92 Å². The summed E-state index contributed by atoms with van der Waals surface area (Å²) in [7, 11) is -3.15. The van der Waals surface area contributed by atoms with Gasteiger partial charge < -0.3 is 0 Å². The van der Waals surface area contributed by atoms with Crippen molar-refractivity contribution in [2.75, 3.05) is 13.2 Å². The zero-order chi connectivity index (χ0) is 11.8. The Morgan fingerprint density at radius 1 is 1.12 bits per heavy atom. The molecule has 0 bridgehead atoms. The van der Waals surface area contributed by atoms with E-state index in [9.17, 15) is 0 Å². The Morgan fingerprint density at radius 2 is 1.82 bits per heavy atom. The van der Waals surface area contributed by atoms with Crippen LogP contribution in [0.4, 0.5) is 0 Å². The molecular formula is C13H17O3P. The minimum atomic E-state index is -3.15. The molecule has 1 atom stereocenters. The molecule has 0 aromatic heterocycles.